The molecule has 0 bridgehead atoms. The molecule has 0 aliphatic heterocycles. The van der Waals surface area contributed by atoms with Crippen LogP contribution in [0.3, 0.4) is 0 Å². The van der Waals surface area contributed by atoms with Gasteiger partial charge in [-0.05, 0) is 0 Å². The smallest absolute Gasteiger partial charge is 0 e. The zero-order valence-electron chi connectivity index (χ0n) is 2.82. The van der Waals surface area contributed by atoms with Gasteiger partial charge in [0.05, 0.1) is 0 Å². The van der Waals surface area contributed by atoms with Crippen molar-refractivity contribution in [3.63, 3.8) is 0 Å². The summed E-state index contributed by atoms with van der Waals surface area (Å²) in [5.41, 5.74) is 0. The molecule has 25 valence electrons. The molecule has 0 aromatic rings. The van der Waals surface area contributed by atoms with Crippen LogP contribution in [0.4, 0.5) is 0 Å². The van der Waals surface area contributed by atoms with Crippen molar-refractivity contribution in [3.05, 3.63) is 0 Å². The number of hydrogen-bond acceptors (Lipinski definition) is 0. The fourth-order valence-corrected chi connectivity index (χ4v) is 0. The van der Waals surface area contributed by atoms with Crippen LogP contribution in [0.15, 0.2) is 0 Å². The zero-order valence-corrected chi connectivity index (χ0v) is 11.5. The van der Waals surface area contributed by atoms with Crippen molar-refractivity contribution < 1.29 is 32.6 Å². The van der Waals surface area contributed by atoms with Gasteiger partial charge in [-0.3, -0.25) is 0 Å². The minimum Gasteiger partial charge on any atom is 0 e. The molecule has 0 saturated heterocycles. The van der Waals surface area contributed by atoms with Gasteiger partial charge in [0.1, 0.15) is 0 Å². The van der Waals surface area contributed by atoms with Gasteiger partial charge in [-0.15, -0.1) is 0 Å². The monoisotopic (exact) mass is 229 g/mol. The summed E-state index contributed by atoms with van der Waals surface area (Å²) >= 11 is 0.194. The molecule has 0 heterocycles. The van der Waals surface area contributed by atoms with Gasteiger partial charge in [-0.25, -0.2) is 0 Å². The third kappa shape index (κ3) is 18.7. The molecule has 0 rings (SSSR count). The van der Waals surface area contributed by atoms with Crippen molar-refractivity contribution in [2.75, 3.05) is 0 Å². The number of rotatable bonds is 0. The van der Waals surface area contributed by atoms with Crippen molar-refractivity contribution in [1.29, 1.82) is 0 Å². The molecular formula is Cl2FeKZn. The maximum Gasteiger partial charge on any atom is 0 e. The first-order valence-electron chi connectivity index (χ1n) is 0.267. The molecule has 0 unspecified atom stereocenters. The molecule has 1 radical (unpaired) electrons. The van der Waals surface area contributed by atoms with E-state index < -0.39 is 0 Å². The Morgan fingerprint density at radius 2 is 1.20 bits per heavy atom. The minimum absolute atomic E-state index is 0. The topological polar surface area (TPSA) is 0 Å². The third-order valence-electron chi connectivity index (χ3n) is 0. The zero-order chi connectivity index (χ0) is 2.71. The van der Waals surface area contributed by atoms with E-state index in [2.05, 4.69) is 0 Å². The van der Waals surface area contributed by atoms with Crippen LogP contribution in [0.2, 0.25) is 0 Å². The predicted octanol–water partition coefficient (Wildman–Crippen LogP) is 0.993. The van der Waals surface area contributed by atoms with Crippen molar-refractivity contribution in [2.24, 2.45) is 0 Å². The molecule has 0 aromatic carbocycles. The van der Waals surface area contributed by atoms with Crippen molar-refractivity contribution in [3.8, 4) is 0 Å². The van der Waals surface area contributed by atoms with E-state index in [1.165, 1.54) is 0 Å². The Morgan fingerprint density at radius 1 is 1.20 bits per heavy atom. The van der Waals surface area contributed by atoms with Crippen LogP contribution in [0.5, 0.6) is 0 Å². The SMILES string of the molecule is [Cl][Fe][Cl].[K].[Zn]. The number of hydrogen-bond donors (Lipinski definition) is 0. The summed E-state index contributed by atoms with van der Waals surface area (Å²) in [6, 6.07) is 0. The second-order valence-corrected chi connectivity index (χ2v) is 1.87. The molecule has 0 amide bonds. The fourth-order valence-electron chi connectivity index (χ4n) is 0. The van der Waals surface area contributed by atoms with Crippen LogP contribution in [-0.2, 0) is 32.6 Å². The average Bonchev–Trinajstić information content (AvgIpc) is 0.918. The first-order valence-corrected chi connectivity index (χ1v) is 3.31. The van der Waals surface area contributed by atoms with Crippen LogP contribution in [0.25, 0.3) is 0 Å². The molecule has 0 aliphatic rings. The summed E-state index contributed by atoms with van der Waals surface area (Å²) in [7, 11) is 9.53. The van der Waals surface area contributed by atoms with Gasteiger partial charge < -0.3 is 0 Å². The summed E-state index contributed by atoms with van der Waals surface area (Å²) in [5.74, 6) is 0. The molecule has 0 nitrogen and oxygen atoms in total. The van der Waals surface area contributed by atoms with Gasteiger partial charge in [0.2, 0.25) is 0 Å². The molecule has 5 heteroatoms. The molecule has 0 saturated carbocycles. The van der Waals surface area contributed by atoms with Gasteiger partial charge in [-0.1, -0.05) is 0 Å². The van der Waals surface area contributed by atoms with Gasteiger partial charge in [0, 0.05) is 70.9 Å². The fraction of sp³-hybridized carbons (Fsp3) is 0. The van der Waals surface area contributed by atoms with E-state index in [1.54, 1.807) is 0 Å². The summed E-state index contributed by atoms with van der Waals surface area (Å²) < 4.78 is 0. The summed E-state index contributed by atoms with van der Waals surface area (Å²) in [6.07, 6.45) is 0. The molecule has 0 atom stereocenters. The Labute approximate surface area is 102 Å². The van der Waals surface area contributed by atoms with Crippen LogP contribution >= 0.6 is 20.2 Å². The Kier molecular flexibility index (Phi) is 49.4. The first kappa shape index (κ1) is 15.8. The van der Waals surface area contributed by atoms with E-state index in [9.17, 15) is 0 Å². The van der Waals surface area contributed by atoms with Gasteiger partial charge in [0.15, 0.2) is 0 Å². The summed E-state index contributed by atoms with van der Waals surface area (Å²) in [6.45, 7) is 0. The van der Waals surface area contributed by atoms with Crippen molar-refractivity contribution in [2.45, 2.75) is 0 Å². The largest absolute Gasteiger partial charge is 0 e. The predicted molar refractivity (Wildman–Crippen MR) is 17.5 cm³/mol. The van der Waals surface area contributed by atoms with E-state index in [4.69, 9.17) is 20.2 Å². The maximum absolute atomic E-state index is 4.76. The average molecular weight is 231 g/mol. The minimum atomic E-state index is 0. The molecule has 0 aliphatic carbocycles. The van der Waals surface area contributed by atoms with Crippen LogP contribution in [-0.4, -0.2) is 51.4 Å². The van der Waals surface area contributed by atoms with E-state index in [-0.39, 0.29) is 84.0 Å². The van der Waals surface area contributed by atoms with E-state index in [0.29, 0.717) is 0 Å². The molecule has 5 heavy (non-hydrogen) atoms. The van der Waals surface area contributed by atoms with Crippen molar-refractivity contribution >= 4 is 71.6 Å². The molecule has 0 aromatic heterocycles. The van der Waals surface area contributed by atoms with Crippen molar-refractivity contribution in [1.82, 2.24) is 0 Å². The maximum atomic E-state index is 4.76. The van der Waals surface area contributed by atoms with E-state index in [1.807, 2.05) is 0 Å². The molecule has 0 N–H and O–H groups in total. The quantitative estimate of drug-likeness (QED) is 0.545. The molecule has 0 fully saturated rings. The summed E-state index contributed by atoms with van der Waals surface area (Å²) in [5, 5.41) is 0. The van der Waals surface area contributed by atoms with E-state index in [0.717, 1.165) is 0 Å². The van der Waals surface area contributed by atoms with Crippen LogP contribution < -0.4 is 0 Å². The Morgan fingerprint density at radius 3 is 1.20 bits per heavy atom. The van der Waals surface area contributed by atoms with E-state index >= 15 is 0 Å². The Balaban J connectivity index is -0.0000000200. The second-order valence-electron chi connectivity index (χ2n) is 0.0505. The van der Waals surface area contributed by atoms with Crippen LogP contribution in [0.1, 0.15) is 0 Å². The summed E-state index contributed by atoms with van der Waals surface area (Å²) in [4.78, 5) is 0. The van der Waals surface area contributed by atoms with Gasteiger partial charge >= 0.3 is 33.3 Å². The Bertz CT molecular complexity index is 9.61. The standard InChI is InChI=1S/2ClH.Fe.K.Zn/h2*1H;;;/q;;+2;;/p-2. The third-order valence-corrected chi connectivity index (χ3v) is 0. The van der Waals surface area contributed by atoms with Gasteiger partial charge in [0.25, 0.3) is 0 Å². The second kappa shape index (κ2) is 15.7. The number of halogens is 2. The van der Waals surface area contributed by atoms with Gasteiger partial charge in [-0.2, -0.15) is 0 Å². The Hall–Kier alpha value is 3.36. The molecular weight excluding hydrogens is 231 g/mol. The molecule has 0 spiro atoms. The first-order chi connectivity index (χ1) is 1.41. The normalized spacial score (nSPS) is 4.40. The van der Waals surface area contributed by atoms with Crippen LogP contribution in [0, 0.1) is 0 Å².